The summed E-state index contributed by atoms with van der Waals surface area (Å²) in [5.41, 5.74) is 0.983. The maximum absolute atomic E-state index is 13.2. The minimum Gasteiger partial charge on any atom is -0.346 e. The molecule has 1 fully saturated rings. The van der Waals surface area contributed by atoms with Gasteiger partial charge in [-0.15, -0.1) is 17.5 Å². The summed E-state index contributed by atoms with van der Waals surface area (Å²) < 4.78 is 3.50. The topological polar surface area (TPSA) is 89.7 Å². The number of nitrogens with one attached hydrogen (secondary N) is 2. The summed E-state index contributed by atoms with van der Waals surface area (Å²) >= 11 is 0. The minimum atomic E-state index is -0.668. The Kier molecular flexibility index (Phi) is 6.11. The standard InChI is InChI=1S/C19H23N7O.ClH/c1-15(17-14-25(24-23-17)16-6-3-2-4-7-16)22-18(27)19(8-11-20-12-9-19)26-13-5-10-21-26;/h2-7,10,13-15,20H,8-9,11-12H2,1H3,(H,22,27);1H. The van der Waals surface area contributed by atoms with E-state index in [2.05, 4.69) is 26.0 Å². The average Bonchev–Trinajstić information content (AvgIpc) is 3.41. The molecule has 3 aromatic rings. The molecule has 148 valence electrons. The second-order valence-corrected chi connectivity index (χ2v) is 6.85. The third-order valence-corrected chi connectivity index (χ3v) is 5.12. The highest BCUT2D eigenvalue weighted by Crippen LogP contribution is 2.28. The molecule has 1 atom stereocenters. The summed E-state index contributed by atoms with van der Waals surface area (Å²) in [6, 6.07) is 11.4. The van der Waals surface area contributed by atoms with Crippen molar-refractivity contribution in [1.82, 2.24) is 35.4 Å². The quantitative estimate of drug-likeness (QED) is 0.681. The van der Waals surface area contributed by atoms with Crippen LogP contribution in [-0.2, 0) is 10.3 Å². The maximum Gasteiger partial charge on any atom is 0.248 e. The Morgan fingerprint density at radius 2 is 1.96 bits per heavy atom. The Morgan fingerprint density at radius 3 is 2.64 bits per heavy atom. The van der Waals surface area contributed by atoms with Crippen LogP contribution in [0.3, 0.4) is 0 Å². The van der Waals surface area contributed by atoms with Crippen LogP contribution in [-0.4, -0.2) is 43.8 Å². The number of nitrogens with zero attached hydrogens (tertiary/aromatic N) is 5. The van der Waals surface area contributed by atoms with Crippen LogP contribution in [0.25, 0.3) is 5.69 Å². The molecule has 8 nitrogen and oxygen atoms in total. The fourth-order valence-electron chi connectivity index (χ4n) is 3.51. The van der Waals surface area contributed by atoms with E-state index in [-0.39, 0.29) is 24.4 Å². The van der Waals surface area contributed by atoms with Gasteiger partial charge in [0, 0.05) is 12.4 Å². The number of carbonyl (C=O) groups is 1. The molecule has 1 saturated heterocycles. The first kappa shape index (κ1) is 20.0. The molecule has 1 aliphatic heterocycles. The number of piperidine rings is 1. The number of halogens is 1. The first-order chi connectivity index (χ1) is 13.2. The summed E-state index contributed by atoms with van der Waals surface area (Å²) in [6.45, 7) is 3.49. The summed E-state index contributed by atoms with van der Waals surface area (Å²) in [5, 5.41) is 19.2. The van der Waals surface area contributed by atoms with Gasteiger partial charge in [0.1, 0.15) is 11.2 Å². The Hall–Kier alpha value is -2.71. The van der Waals surface area contributed by atoms with E-state index in [4.69, 9.17) is 0 Å². The zero-order valence-corrected chi connectivity index (χ0v) is 16.5. The Morgan fingerprint density at radius 1 is 1.21 bits per heavy atom. The number of hydrogen-bond donors (Lipinski definition) is 2. The number of benzene rings is 1. The minimum absolute atomic E-state index is 0. The highest BCUT2D eigenvalue weighted by molar-refractivity contribution is 5.85. The van der Waals surface area contributed by atoms with Gasteiger partial charge in [0.05, 0.1) is 17.9 Å². The van der Waals surface area contributed by atoms with Crippen molar-refractivity contribution in [3.63, 3.8) is 0 Å². The molecule has 1 unspecified atom stereocenters. The molecule has 28 heavy (non-hydrogen) atoms. The van der Waals surface area contributed by atoms with Crippen molar-refractivity contribution in [1.29, 1.82) is 0 Å². The molecule has 9 heteroatoms. The lowest BCUT2D eigenvalue weighted by Gasteiger charge is -2.37. The van der Waals surface area contributed by atoms with Crippen LogP contribution in [0.5, 0.6) is 0 Å². The SMILES string of the molecule is CC(NC(=O)C1(n2cccn2)CCNCC1)c1cn(-c2ccccc2)nn1.Cl. The van der Waals surface area contributed by atoms with Gasteiger partial charge >= 0.3 is 0 Å². The number of amides is 1. The molecule has 0 spiro atoms. The van der Waals surface area contributed by atoms with Gasteiger partial charge in [-0.25, -0.2) is 4.68 Å². The molecule has 3 heterocycles. The van der Waals surface area contributed by atoms with Gasteiger partial charge in [0.15, 0.2) is 0 Å². The van der Waals surface area contributed by atoms with Crippen molar-refractivity contribution in [2.45, 2.75) is 31.3 Å². The zero-order valence-electron chi connectivity index (χ0n) is 15.7. The largest absolute Gasteiger partial charge is 0.346 e. The predicted molar refractivity (Wildman–Crippen MR) is 107 cm³/mol. The van der Waals surface area contributed by atoms with Gasteiger partial charge in [-0.3, -0.25) is 9.48 Å². The van der Waals surface area contributed by atoms with Crippen molar-refractivity contribution >= 4 is 18.3 Å². The van der Waals surface area contributed by atoms with E-state index in [0.29, 0.717) is 12.8 Å². The van der Waals surface area contributed by atoms with Crippen LogP contribution >= 0.6 is 12.4 Å². The molecule has 1 amide bonds. The van der Waals surface area contributed by atoms with Gasteiger partial charge < -0.3 is 10.6 Å². The van der Waals surface area contributed by atoms with Crippen LogP contribution in [0, 0.1) is 0 Å². The van der Waals surface area contributed by atoms with Gasteiger partial charge in [-0.05, 0) is 51.1 Å². The van der Waals surface area contributed by atoms with Crippen LogP contribution in [0.1, 0.15) is 31.5 Å². The highest BCUT2D eigenvalue weighted by Gasteiger charge is 2.42. The summed E-state index contributed by atoms with van der Waals surface area (Å²) in [5.74, 6) is -0.0329. The lowest BCUT2D eigenvalue weighted by Crippen LogP contribution is -2.55. The van der Waals surface area contributed by atoms with Crippen molar-refractivity contribution in [2.75, 3.05) is 13.1 Å². The second-order valence-electron chi connectivity index (χ2n) is 6.85. The fourth-order valence-corrected chi connectivity index (χ4v) is 3.51. The first-order valence-corrected chi connectivity index (χ1v) is 9.18. The monoisotopic (exact) mass is 401 g/mol. The average molecular weight is 402 g/mol. The number of aromatic nitrogens is 5. The molecule has 1 aliphatic rings. The Balaban J connectivity index is 0.00000225. The fraction of sp³-hybridized carbons (Fsp3) is 0.368. The van der Waals surface area contributed by atoms with E-state index in [0.717, 1.165) is 24.5 Å². The number of para-hydroxylation sites is 1. The Bertz CT molecular complexity index is 888. The summed E-state index contributed by atoms with van der Waals surface area (Å²) in [7, 11) is 0. The van der Waals surface area contributed by atoms with Crippen LogP contribution in [0.2, 0.25) is 0 Å². The molecular weight excluding hydrogens is 378 g/mol. The summed E-state index contributed by atoms with van der Waals surface area (Å²) in [6.07, 6.45) is 6.82. The van der Waals surface area contributed by atoms with Crippen molar-refractivity contribution < 1.29 is 4.79 Å². The zero-order chi connectivity index (χ0) is 18.7. The molecule has 1 aromatic carbocycles. The van der Waals surface area contributed by atoms with E-state index in [9.17, 15) is 4.79 Å². The van der Waals surface area contributed by atoms with Gasteiger partial charge in [-0.1, -0.05) is 23.4 Å². The molecule has 0 saturated carbocycles. The van der Waals surface area contributed by atoms with E-state index in [1.54, 1.807) is 15.6 Å². The Labute approximate surface area is 169 Å². The van der Waals surface area contributed by atoms with E-state index >= 15 is 0 Å². The van der Waals surface area contributed by atoms with Crippen molar-refractivity contribution in [3.8, 4) is 5.69 Å². The first-order valence-electron chi connectivity index (χ1n) is 9.18. The van der Waals surface area contributed by atoms with E-state index in [1.807, 2.05) is 55.7 Å². The van der Waals surface area contributed by atoms with Crippen LogP contribution in [0.15, 0.2) is 55.0 Å². The lowest BCUT2D eigenvalue weighted by atomic mass is 9.87. The van der Waals surface area contributed by atoms with Gasteiger partial charge in [0.25, 0.3) is 0 Å². The molecule has 0 aliphatic carbocycles. The number of rotatable bonds is 5. The molecular formula is C19H24ClN7O. The highest BCUT2D eigenvalue weighted by atomic mass is 35.5. The lowest BCUT2D eigenvalue weighted by molar-refractivity contribution is -0.132. The number of hydrogen-bond acceptors (Lipinski definition) is 5. The van der Waals surface area contributed by atoms with Gasteiger partial charge in [-0.2, -0.15) is 5.10 Å². The van der Waals surface area contributed by atoms with Crippen molar-refractivity contribution in [3.05, 3.63) is 60.7 Å². The summed E-state index contributed by atoms with van der Waals surface area (Å²) in [4.78, 5) is 13.2. The molecule has 2 aromatic heterocycles. The molecule has 0 bridgehead atoms. The van der Waals surface area contributed by atoms with Crippen LogP contribution in [0.4, 0.5) is 0 Å². The molecule has 2 N–H and O–H groups in total. The van der Waals surface area contributed by atoms with E-state index in [1.165, 1.54) is 0 Å². The molecule has 4 rings (SSSR count). The maximum atomic E-state index is 13.2. The van der Waals surface area contributed by atoms with E-state index < -0.39 is 5.54 Å². The predicted octanol–water partition coefficient (Wildman–Crippen LogP) is 1.84. The second kappa shape index (κ2) is 8.53. The third-order valence-electron chi connectivity index (χ3n) is 5.12. The van der Waals surface area contributed by atoms with Crippen molar-refractivity contribution in [2.24, 2.45) is 0 Å². The van der Waals surface area contributed by atoms with Crippen LogP contribution < -0.4 is 10.6 Å². The normalized spacial score (nSPS) is 16.8. The molecule has 0 radical (unpaired) electrons. The third kappa shape index (κ3) is 3.79. The van der Waals surface area contributed by atoms with Gasteiger partial charge in [0.2, 0.25) is 5.91 Å². The smallest absolute Gasteiger partial charge is 0.248 e. The number of carbonyl (C=O) groups excluding carboxylic acids is 1.